The summed E-state index contributed by atoms with van der Waals surface area (Å²) in [7, 11) is 0. The van der Waals surface area contributed by atoms with Gasteiger partial charge in [-0.05, 0) is 46.4 Å². The van der Waals surface area contributed by atoms with Crippen molar-refractivity contribution < 1.29 is 19.4 Å². The van der Waals surface area contributed by atoms with E-state index in [1.165, 1.54) is 16.7 Å². The molecule has 5 heteroatoms. The number of rotatable bonds is 1. The molecular weight excluding hydrogens is 354 g/mol. The first-order valence-electron chi connectivity index (χ1n) is 9.96. The van der Waals surface area contributed by atoms with Crippen molar-refractivity contribution in [3.8, 4) is 5.75 Å². The van der Waals surface area contributed by atoms with Crippen molar-refractivity contribution in [1.82, 2.24) is 5.32 Å². The summed E-state index contributed by atoms with van der Waals surface area (Å²) in [6.07, 6.45) is 0.787. The van der Waals surface area contributed by atoms with Crippen molar-refractivity contribution in [3.63, 3.8) is 0 Å². The quantitative estimate of drug-likeness (QED) is 0.690. The molecule has 3 rings (SSSR count). The van der Waals surface area contributed by atoms with Gasteiger partial charge >= 0.3 is 11.9 Å². The topological polar surface area (TPSA) is 75.6 Å². The molecule has 1 aromatic rings. The number of carbonyl (C=O) groups excluding carboxylic acids is 1. The Labute approximate surface area is 168 Å². The van der Waals surface area contributed by atoms with Gasteiger partial charge in [-0.2, -0.15) is 0 Å². The fourth-order valence-electron chi connectivity index (χ4n) is 3.61. The van der Waals surface area contributed by atoms with Gasteiger partial charge in [0.05, 0.1) is 0 Å². The third-order valence-electron chi connectivity index (χ3n) is 5.12. The minimum Gasteiger partial charge on any atom is -0.480 e. The highest BCUT2D eigenvalue weighted by atomic mass is 16.6. The molecule has 2 aliphatic heterocycles. The van der Waals surface area contributed by atoms with Crippen LogP contribution in [0.3, 0.4) is 0 Å². The first kappa shape index (κ1) is 22.4. The van der Waals surface area contributed by atoms with Crippen LogP contribution in [-0.2, 0) is 21.0 Å². The lowest BCUT2D eigenvalue weighted by molar-refractivity contribution is -0.141. The van der Waals surface area contributed by atoms with Gasteiger partial charge in [0.25, 0.3) is 0 Å². The zero-order valence-corrected chi connectivity index (χ0v) is 18.7. The van der Waals surface area contributed by atoms with Crippen molar-refractivity contribution >= 4 is 11.9 Å². The minimum absolute atomic E-state index is 0.00224. The standard InChI is InChI=1S/C19H28O2.C4H7NO2/c1-17(2,3)12-10-11-15(21-16(11)20)14(19(7,8)9)13(12)18(4,5)6;6-4(7)3-1-2-5-3/h10H,1-9H3;3,5H,1-2H2,(H,6,7). The van der Waals surface area contributed by atoms with Gasteiger partial charge < -0.3 is 15.2 Å². The molecule has 5 nitrogen and oxygen atoms in total. The van der Waals surface area contributed by atoms with Crippen LogP contribution in [0.15, 0.2) is 6.07 Å². The maximum Gasteiger partial charge on any atom is 0.347 e. The lowest BCUT2D eigenvalue weighted by Crippen LogP contribution is -2.48. The molecule has 156 valence electrons. The molecule has 0 spiro atoms. The molecular formula is C23H35NO4. The van der Waals surface area contributed by atoms with Gasteiger partial charge in [-0.3, -0.25) is 4.79 Å². The number of benzene rings is 1. The monoisotopic (exact) mass is 389 g/mol. The summed E-state index contributed by atoms with van der Waals surface area (Å²) >= 11 is 0. The van der Waals surface area contributed by atoms with Gasteiger partial charge in [-0.25, -0.2) is 4.79 Å². The molecule has 0 radical (unpaired) electrons. The van der Waals surface area contributed by atoms with Crippen LogP contribution in [-0.4, -0.2) is 29.6 Å². The zero-order valence-electron chi connectivity index (χ0n) is 18.7. The largest absolute Gasteiger partial charge is 0.480 e. The Morgan fingerprint density at radius 2 is 1.50 bits per heavy atom. The van der Waals surface area contributed by atoms with Crippen LogP contribution in [0, 0.1) is 0 Å². The normalized spacial score (nSPS) is 18.8. The summed E-state index contributed by atoms with van der Waals surface area (Å²) in [4.78, 5) is 21.7. The molecule has 0 saturated carbocycles. The van der Waals surface area contributed by atoms with Crippen LogP contribution in [0.4, 0.5) is 0 Å². The van der Waals surface area contributed by atoms with Crippen LogP contribution >= 0.6 is 0 Å². The van der Waals surface area contributed by atoms with E-state index in [1.807, 2.05) is 0 Å². The van der Waals surface area contributed by atoms with Crippen molar-refractivity contribution in [2.45, 2.75) is 91.0 Å². The molecule has 2 aliphatic rings. The molecule has 0 bridgehead atoms. The van der Waals surface area contributed by atoms with Crippen LogP contribution in [0.25, 0.3) is 0 Å². The van der Waals surface area contributed by atoms with Gasteiger partial charge in [0.2, 0.25) is 0 Å². The number of carboxylic acids is 1. The Morgan fingerprint density at radius 1 is 1.00 bits per heavy atom. The number of carboxylic acid groups (broad SMARTS) is 1. The number of esters is 1. The molecule has 1 aromatic carbocycles. The number of nitrogens with one attached hydrogen (secondary N) is 1. The van der Waals surface area contributed by atoms with Gasteiger partial charge in [0.15, 0.2) is 0 Å². The smallest absolute Gasteiger partial charge is 0.347 e. The highest BCUT2D eigenvalue weighted by molar-refractivity contribution is 6.03. The second-order valence-corrected chi connectivity index (χ2v) is 10.8. The zero-order chi connectivity index (χ0) is 21.7. The van der Waals surface area contributed by atoms with Crippen molar-refractivity contribution in [3.05, 3.63) is 28.3 Å². The number of ether oxygens (including phenoxy) is 1. The Morgan fingerprint density at radius 3 is 1.75 bits per heavy atom. The lowest BCUT2D eigenvalue weighted by Gasteiger charge is -2.40. The average Bonchev–Trinajstić information content (AvgIpc) is 2.39. The molecule has 1 saturated heterocycles. The van der Waals surface area contributed by atoms with Gasteiger partial charge in [0.1, 0.15) is 17.4 Å². The highest BCUT2D eigenvalue weighted by Gasteiger charge is 2.41. The second kappa shape index (κ2) is 7.18. The van der Waals surface area contributed by atoms with E-state index in [2.05, 4.69) is 73.7 Å². The molecule has 1 unspecified atom stereocenters. The summed E-state index contributed by atoms with van der Waals surface area (Å²) in [5.41, 5.74) is 4.46. The number of aliphatic carboxylic acids is 1. The van der Waals surface area contributed by atoms with Gasteiger partial charge in [-0.15, -0.1) is 0 Å². The fourth-order valence-corrected chi connectivity index (χ4v) is 3.61. The van der Waals surface area contributed by atoms with Crippen LogP contribution in [0.5, 0.6) is 5.75 Å². The minimum atomic E-state index is -0.730. The van der Waals surface area contributed by atoms with E-state index in [-0.39, 0.29) is 28.3 Å². The summed E-state index contributed by atoms with van der Waals surface area (Å²) in [6, 6.07) is 1.80. The lowest BCUT2D eigenvalue weighted by atomic mass is 9.67. The number of carbonyl (C=O) groups is 2. The predicted molar refractivity (Wildman–Crippen MR) is 112 cm³/mol. The average molecular weight is 390 g/mol. The summed E-state index contributed by atoms with van der Waals surface area (Å²) < 4.78 is 5.41. The van der Waals surface area contributed by atoms with Crippen molar-refractivity contribution in [2.75, 3.05) is 6.54 Å². The summed E-state index contributed by atoms with van der Waals surface area (Å²) in [6.45, 7) is 20.8. The molecule has 0 amide bonds. The maximum atomic E-state index is 11.8. The summed E-state index contributed by atoms with van der Waals surface area (Å²) in [5.74, 6) is -0.127. The third kappa shape index (κ3) is 4.40. The van der Waals surface area contributed by atoms with Crippen LogP contribution < -0.4 is 10.1 Å². The predicted octanol–water partition coefficient (Wildman–Crippen LogP) is 4.54. The molecule has 28 heavy (non-hydrogen) atoms. The van der Waals surface area contributed by atoms with E-state index in [0.717, 1.165) is 24.3 Å². The Kier molecular flexibility index (Phi) is 5.75. The van der Waals surface area contributed by atoms with Gasteiger partial charge in [-0.1, -0.05) is 62.3 Å². The first-order chi connectivity index (χ1) is 12.5. The Balaban J connectivity index is 0.000000336. The third-order valence-corrected chi connectivity index (χ3v) is 5.12. The molecule has 2 N–H and O–H groups in total. The van der Waals surface area contributed by atoms with E-state index in [4.69, 9.17) is 9.84 Å². The molecule has 1 fully saturated rings. The Hall–Kier alpha value is -1.88. The molecule has 0 aliphatic carbocycles. The van der Waals surface area contributed by atoms with E-state index in [1.54, 1.807) is 0 Å². The molecule has 2 heterocycles. The fraction of sp³-hybridized carbons (Fsp3) is 0.652. The van der Waals surface area contributed by atoms with E-state index < -0.39 is 5.97 Å². The number of hydrogen-bond donors (Lipinski definition) is 2. The van der Waals surface area contributed by atoms with Crippen LogP contribution in [0.2, 0.25) is 0 Å². The second-order valence-electron chi connectivity index (χ2n) is 10.8. The van der Waals surface area contributed by atoms with E-state index >= 15 is 0 Å². The van der Waals surface area contributed by atoms with E-state index in [0.29, 0.717) is 0 Å². The number of fused-ring (bicyclic) bond motifs is 1. The molecule has 0 aromatic heterocycles. The maximum absolute atomic E-state index is 11.8. The van der Waals surface area contributed by atoms with Crippen molar-refractivity contribution in [1.29, 1.82) is 0 Å². The van der Waals surface area contributed by atoms with Crippen molar-refractivity contribution in [2.24, 2.45) is 0 Å². The summed E-state index contributed by atoms with van der Waals surface area (Å²) in [5, 5.41) is 10.9. The molecule has 1 atom stereocenters. The SMILES string of the molecule is CC(C)(C)c1cc2c(c(C(C)(C)C)c1C(C)(C)C)OC2=O.O=C(O)C1CCN1. The van der Waals surface area contributed by atoms with Gasteiger partial charge in [0, 0.05) is 5.56 Å². The first-order valence-corrected chi connectivity index (χ1v) is 9.96. The highest BCUT2D eigenvalue weighted by Crippen LogP contribution is 2.49. The van der Waals surface area contributed by atoms with Crippen LogP contribution in [0.1, 0.15) is 95.8 Å². The number of hydrogen-bond acceptors (Lipinski definition) is 4. The van der Waals surface area contributed by atoms with E-state index in [9.17, 15) is 9.59 Å². The Bertz CT molecular complexity index is 785.